The zero-order valence-corrected chi connectivity index (χ0v) is 8.95. The van der Waals surface area contributed by atoms with Gasteiger partial charge in [-0.25, -0.2) is 0 Å². The standard InChI is InChI=1S/C7H7Cl.C4H9NO/c8-6-7-4-2-1-3-5-7;6-4-3-5-1-2-5/h1-5H,6H2;6H,1-4H2. The van der Waals surface area contributed by atoms with Gasteiger partial charge in [0.05, 0.1) is 6.61 Å². The molecule has 1 fully saturated rings. The summed E-state index contributed by atoms with van der Waals surface area (Å²) in [4.78, 5) is 2.18. The summed E-state index contributed by atoms with van der Waals surface area (Å²) in [6, 6.07) is 9.96. The van der Waals surface area contributed by atoms with Crippen molar-refractivity contribution in [3.8, 4) is 0 Å². The molecule has 1 aliphatic rings. The van der Waals surface area contributed by atoms with Crippen LogP contribution in [0.2, 0.25) is 0 Å². The minimum absolute atomic E-state index is 0.319. The number of aliphatic hydroxyl groups is 1. The molecule has 1 heterocycles. The van der Waals surface area contributed by atoms with Crippen LogP contribution in [0.4, 0.5) is 0 Å². The molecule has 14 heavy (non-hydrogen) atoms. The summed E-state index contributed by atoms with van der Waals surface area (Å²) in [5.41, 5.74) is 1.18. The smallest absolute Gasteiger partial charge is 0.0558 e. The summed E-state index contributed by atoms with van der Waals surface area (Å²) < 4.78 is 0. The van der Waals surface area contributed by atoms with Crippen LogP contribution >= 0.6 is 11.6 Å². The molecule has 0 unspecified atom stereocenters. The number of halogens is 1. The van der Waals surface area contributed by atoms with Gasteiger partial charge in [-0.05, 0) is 5.56 Å². The van der Waals surface area contributed by atoms with Gasteiger partial charge in [-0.15, -0.1) is 11.6 Å². The van der Waals surface area contributed by atoms with E-state index in [4.69, 9.17) is 16.7 Å². The Kier molecular flexibility index (Phi) is 5.60. The van der Waals surface area contributed by atoms with E-state index in [0.717, 1.165) is 6.54 Å². The first kappa shape index (κ1) is 11.5. The van der Waals surface area contributed by atoms with E-state index in [1.54, 1.807) is 0 Å². The van der Waals surface area contributed by atoms with Crippen LogP contribution in [0.3, 0.4) is 0 Å². The van der Waals surface area contributed by atoms with E-state index in [0.29, 0.717) is 12.5 Å². The van der Waals surface area contributed by atoms with Gasteiger partial charge in [-0.3, -0.25) is 4.90 Å². The van der Waals surface area contributed by atoms with Gasteiger partial charge in [0.2, 0.25) is 0 Å². The van der Waals surface area contributed by atoms with Gasteiger partial charge < -0.3 is 5.11 Å². The van der Waals surface area contributed by atoms with Crippen LogP contribution in [0.1, 0.15) is 5.56 Å². The fourth-order valence-corrected chi connectivity index (χ4v) is 1.18. The zero-order chi connectivity index (χ0) is 10.2. The van der Waals surface area contributed by atoms with Gasteiger partial charge in [0.25, 0.3) is 0 Å². The Hall–Kier alpha value is -0.570. The van der Waals surface area contributed by atoms with Crippen molar-refractivity contribution in [2.45, 2.75) is 5.88 Å². The lowest BCUT2D eigenvalue weighted by molar-refractivity contribution is 0.271. The van der Waals surface area contributed by atoms with Crippen molar-refractivity contribution in [3.63, 3.8) is 0 Å². The molecule has 0 radical (unpaired) electrons. The molecule has 0 bridgehead atoms. The van der Waals surface area contributed by atoms with Crippen LogP contribution in [0.5, 0.6) is 0 Å². The lowest BCUT2D eigenvalue weighted by Gasteiger charge is -1.88. The molecular formula is C11H16ClNO. The molecular weight excluding hydrogens is 198 g/mol. The van der Waals surface area contributed by atoms with Crippen LogP contribution in [-0.4, -0.2) is 36.2 Å². The zero-order valence-electron chi connectivity index (χ0n) is 8.19. The minimum atomic E-state index is 0.319. The molecule has 2 nitrogen and oxygen atoms in total. The maximum Gasteiger partial charge on any atom is 0.0558 e. The fourth-order valence-electron chi connectivity index (χ4n) is 1.00. The number of rotatable bonds is 3. The summed E-state index contributed by atoms with van der Waals surface area (Å²) in [6.45, 7) is 3.58. The first-order valence-electron chi connectivity index (χ1n) is 4.80. The Balaban J connectivity index is 0.000000146. The van der Waals surface area contributed by atoms with Crippen LogP contribution in [-0.2, 0) is 5.88 Å². The number of aliphatic hydroxyl groups excluding tert-OH is 1. The van der Waals surface area contributed by atoms with Crippen molar-refractivity contribution >= 4 is 11.6 Å². The normalized spacial score (nSPS) is 14.4. The van der Waals surface area contributed by atoms with Crippen LogP contribution < -0.4 is 0 Å². The van der Waals surface area contributed by atoms with Crippen LogP contribution in [0.25, 0.3) is 0 Å². The van der Waals surface area contributed by atoms with E-state index in [2.05, 4.69) is 4.90 Å². The van der Waals surface area contributed by atoms with E-state index < -0.39 is 0 Å². The molecule has 0 saturated carbocycles. The molecule has 1 saturated heterocycles. The van der Waals surface area contributed by atoms with E-state index in [1.807, 2.05) is 30.3 Å². The van der Waals surface area contributed by atoms with Gasteiger partial charge in [0.15, 0.2) is 0 Å². The Labute approximate surface area is 90.1 Å². The summed E-state index contributed by atoms with van der Waals surface area (Å²) in [6.07, 6.45) is 0. The van der Waals surface area contributed by atoms with E-state index >= 15 is 0 Å². The quantitative estimate of drug-likeness (QED) is 0.611. The van der Waals surface area contributed by atoms with Gasteiger partial charge in [-0.1, -0.05) is 30.3 Å². The average molecular weight is 214 g/mol. The first-order chi connectivity index (χ1) is 6.86. The molecule has 0 aliphatic carbocycles. The summed E-state index contributed by atoms with van der Waals surface area (Å²) in [7, 11) is 0. The molecule has 0 atom stereocenters. The van der Waals surface area contributed by atoms with Crippen molar-refractivity contribution < 1.29 is 5.11 Å². The first-order valence-corrected chi connectivity index (χ1v) is 5.33. The largest absolute Gasteiger partial charge is 0.395 e. The molecule has 2 rings (SSSR count). The Morgan fingerprint density at radius 1 is 1.21 bits per heavy atom. The lowest BCUT2D eigenvalue weighted by atomic mass is 10.2. The van der Waals surface area contributed by atoms with Crippen LogP contribution in [0.15, 0.2) is 30.3 Å². The SMILES string of the molecule is ClCc1ccccc1.OCCN1CC1. The Morgan fingerprint density at radius 3 is 2.14 bits per heavy atom. The Bertz CT molecular complexity index is 236. The molecule has 1 N–H and O–H groups in total. The summed E-state index contributed by atoms with van der Waals surface area (Å²) >= 11 is 5.53. The molecule has 0 aromatic heterocycles. The average Bonchev–Trinajstić information content (AvgIpc) is 3.05. The Morgan fingerprint density at radius 2 is 1.86 bits per heavy atom. The maximum absolute atomic E-state index is 8.24. The monoisotopic (exact) mass is 213 g/mol. The highest BCUT2D eigenvalue weighted by molar-refractivity contribution is 6.17. The minimum Gasteiger partial charge on any atom is -0.395 e. The molecule has 1 aromatic rings. The molecule has 78 valence electrons. The van der Waals surface area contributed by atoms with Crippen molar-refractivity contribution in [2.24, 2.45) is 0 Å². The maximum atomic E-state index is 8.24. The van der Waals surface area contributed by atoms with Crippen molar-refractivity contribution in [1.29, 1.82) is 0 Å². The molecule has 0 spiro atoms. The van der Waals surface area contributed by atoms with Crippen LogP contribution in [0, 0.1) is 0 Å². The second-order valence-electron chi connectivity index (χ2n) is 3.18. The second-order valence-corrected chi connectivity index (χ2v) is 3.45. The fraction of sp³-hybridized carbons (Fsp3) is 0.455. The molecule has 0 amide bonds. The van der Waals surface area contributed by atoms with Crippen molar-refractivity contribution in [1.82, 2.24) is 4.90 Å². The van der Waals surface area contributed by atoms with E-state index in [-0.39, 0.29) is 0 Å². The van der Waals surface area contributed by atoms with Gasteiger partial charge >= 0.3 is 0 Å². The summed E-state index contributed by atoms with van der Waals surface area (Å²) in [5, 5.41) is 8.24. The summed E-state index contributed by atoms with van der Waals surface area (Å²) in [5.74, 6) is 0.612. The highest BCUT2D eigenvalue weighted by Gasteiger charge is 2.14. The highest BCUT2D eigenvalue weighted by Crippen LogP contribution is 2.00. The predicted octanol–water partition coefficient (Wildman–Crippen LogP) is 1.72. The van der Waals surface area contributed by atoms with Gasteiger partial charge in [0.1, 0.15) is 0 Å². The third-order valence-electron chi connectivity index (χ3n) is 1.95. The predicted molar refractivity (Wildman–Crippen MR) is 59.5 cm³/mol. The van der Waals surface area contributed by atoms with Gasteiger partial charge in [-0.2, -0.15) is 0 Å². The number of benzene rings is 1. The topological polar surface area (TPSA) is 23.2 Å². The van der Waals surface area contributed by atoms with E-state index in [9.17, 15) is 0 Å². The van der Waals surface area contributed by atoms with Gasteiger partial charge in [0, 0.05) is 25.5 Å². The third kappa shape index (κ3) is 5.22. The lowest BCUT2D eigenvalue weighted by Crippen LogP contribution is -2.02. The number of hydrogen-bond donors (Lipinski definition) is 1. The number of β-amino-alcohol motifs (C(OH)–C–C–N with tert-alkyl or cyclic N) is 1. The van der Waals surface area contributed by atoms with Crippen molar-refractivity contribution in [3.05, 3.63) is 35.9 Å². The number of nitrogens with zero attached hydrogens (tertiary/aromatic N) is 1. The van der Waals surface area contributed by atoms with E-state index in [1.165, 1.54) is 18.7 Å². The third-order valence-corrected chi connectivity index (χ3v) is 2.26. The molecule has 3 heteroatoms. The molecule has 1 aromatic carbocycles. The molecule has 1 aliphatic heterocycles. The second kappa shape index (κ2) is 6.82. The number of alkyl halides is 1. The van der Waals surface area contributed by atoms with Crippen molar-refractivity contribution in [2.75, 3.05) is 26.2 Å². The highest BCUT2D eigenvalue weighted by atomic mass is 35.5. The number of hydrogen-bond acceptors (Lipinski definition) is 2.